The van der Waals surface area contributed by atoms with Crippen LogP contribution in [0.2, 0.25) is 0 Å². The summed E-state index contributed by atoms with van der Waals surface area (Å²) < 4.78 is 5.07. The van der Waals surface area contributed by atoms with Gasteiger partial charge in [0, 0.05) is 13.0 Å². The predicted molar refractivity (Wildman–Crippen MR) is 70.8 cm³/mol. The van der Waals surface area contributed by atoms with Crippen molar-refractivity contribution >= 4 is 11.6 Å². The Labute approximate surface area is 111 Å². The molecule has 1 fully saturated rings. The summed E-state index contributed by atoms with van der Waals surface area (Å²) in [5.41, 5.74) is 7.00. The number of benzene rings is 1. The van der Waals surface area contributed by atoms with Crippen LogP contribution in [0, 0.1) is 0 Å². The highest BCUT2D eigenvalue weighted by Crippen LogP contribution is 2.12. The maximum Gasteiger partial charge on any atom is 0.234 e. The second kappa shape index (κ2) is 6.19. The van der Waals surface area contributed by atoms with Gasteiger partial charge in [0.2, 0.25) is 5.91 Å². The van der Waals surface area contributed by atoms with Gasteiger partial charge in [0.05, 0.1) is 18.9 Å². The topological polar surface area (TPSA) is 85.9 Å². The summed E-state index contributed by atoms with van der Waals surface area (Å²) >= 11 is 0. The van der Waals surface area contributed by atoms with Crippen molar-refractivity contribution in [2.24, 2.45) is 10.9 Å². The van der Waals surface area contributed by atoms with Crippen molar-refractivity contribution in [2.75, 3.05) is 13.7 Å². The number of nitrogens with two attached hydrogens (primary N) is 1. The van der Waals surface area contributed by atoms with Crippen LogP contribution in [-0.2, 0) is 16.2 Å². The number of primary amides is 1. The van der Waals surface area contributed by atoms with Gasteiger partial charge < -0.3 is 20.6 Å². The summed E-state index contributed by atoms with van der Waals surface area (Å²) in [5.74, 6) is 0.444. The fourth-order valence-electron chi connectivity index (χ4n) is 1.81. The number of ether oxygens (including phenoxy) is 1. The molecule has 6 nitrogen and oxygen atoms in total. The molecule has 0 aromatic heterocycles. The van der Waals surface area contributed by atoms with E-state index in [1.165, 1.54) is 0 Å². The lowest BCUT2D eigenvalue weighted by Crippen LogP contribution is -2.36. The molecule has 3 N–H and O–H groups in total. The van der Waals surface area contributed by atoms with Crippen molar-refractivity contribution in [2.45, 2.75) is 19.1 Å². The van der Waals surface area contributed by atoms with Gasteiger partial charge in [-0.3, -0.25) is 4.79 Å². The van der Waals surface area contributed by atoms with Gasteiger partial charge in [0.15, 0.2) is 0 Å². The van der Waals surface area contributed by atoms with Crippen molar-refractivity contribution in [1.82, 2.24) is 5.32 Å². The quantitative estimate of drug-likeness (QED) is 0.754. The molecule has 1 aliphatic rings. The van der Waals surface area contributed by atoms with Gasteiger partial charge in [-0.25, -0.2) is 0 Å². The fourth-order valence-corrected chi connectivity index (χ4v) is 1.81. The molecule has 1 saturated heterocycles. The molecular formula is C13H17N3O3. The lowest BCUT2D eigenvalue weighted by Gasteiger charge is -2.03. The Morgan fingerprint density at radius 1 is 1.47 bits per heavy atom. The first kappa shape index (κ1) is 13.4. The minimum absolute atomic E-state index is 0.330. The van der Waals surface area contributed by atoms with Gasteiger partial charge in [-0.15, -0.1) is 0 Å². The zero-order valence-electron chi connectivity index (χ0n) is 10.8. The maximum absolute atomic E-state index is 11.0. The summed E-state index contributed by atoms with van der Waals surface area (Å²) in [6, 6.07) is 7.23. The first-order valence-corrected chi connectivity index (χ1v) is 6.02. The van der Waals surface area contributed by atoms with Crippen molar-refractivity contribution in [3.05, 3.63) is 29.8 Å². The first-order chi connectivity index (χ1) is 9.19. The van der Waals surface area contributed by atoms with E-state index in [-0.39, 0.29) is 11.9 Å². The lowest BCUT2D eigenvalue weighted by atomic mass is 10.2. The third-order valence-corrected chi connectivity index (χ3v) is 2.92. The average Bonchev–Trinajstić information content (AvgIpc) is 2.89. The van der Waals surface area contributed by atoms with Gasteiger partial charge in [0.25, 0.3) is 0 Å². The maximum atomic E-state index is 11.0. The second-order valence-electron chi connectivity index (χ2n) is 4.32. The van der Waals surface area contributed by atoms with Crippen LogP contribution in [-0.4, -0.2) is 31.3 Å². The highest BCUT2D eigenvalue weighted by Gasteiger charge is 2.24. The average molecular weight is 263 g/mol. The van der Waals surface area contributed by atoms with E-state index in [1.807, 2.05) is 24.3 Å². The number of rotatable bonds is 5. The molecule has 0 bridgehead atoms. The SMILES string of the molecule is COc1ccc(CON=C2CNC(C(N)=O)C2)cc1. The fraction of sp³-hybridized carbons (Fsp3) is 0.385. The summed E-state index contributed by atoms with van der Waals surface area (Å²) in [7, 11) is 1.62. The number of carbonyl (C=O) groups excluding carboxylic acids is 1. The van der Waals surface area contributed by atoms with E-state index in [1.54, 1.807) is 7.11 Å². The molecule has 1 aliphatic heterocycles. The number of hydrogen-bond acceptors (Lipinski definition) is 5. The Morgan fingerprint density at radius 3 is 2.79 bits per heavy atom. The molecular weight excluding hydrogens is 246 g/mol. The molecule has 102 valence electrons. The summed E-state index contributed by atoms with van der Waals surface area (Å²) in [6.45, 7) is 0.922. The largest absolute Gasteiger partial charge is 0.497 e. The third kappa shape index (κ3) is 3.69. The minimum Gasteiger partial charge on any atom is -0.497 e. The second-order valence-corrected chi connectivity index (χ2v) is 4.32. The molecule has 0 aliphatic carbocycles. The van der Waals surface area contributed by atoms with Crippen LogP contribution < -0.4 is 15.8 Å². The van der Waals surface area contributed by atoms with E-state index in [2.05, 4.69) is 10.5 Å². The molecule has 1 amide bonds. The Morgan fingerprint density at radius 2 is 2.21 bits per heavy atom. The highest BCUT2D eigenvalue weighted by atomic mass is 16.6. The monoisotopic (exact) mass is 263 g/mol. The number of oxime groups is 1. The van der Waals surface area contributed by atoms with Crippen LogP contribution in [0.4, 0.5) is 0 Å². The Balaban J connectivity index is 1.81. The Kier molecular flexibility index (Phi) is 4.35. The van der Waals surface area contributed by atoms with E-state index in [4.69, 9.17) is 15.3 Å². The lowest BCUT2D eigenvalue weighted by molar-refractivity contribution is -0.119. The van der Waals surface area contributed by atoms with E-state index in [9.17, 15) is 4.79 Å². The zero-order valence-corrected chi connectivity index (χ0v) is 10.8. The molecule has 0 radical (unpaired) electrons. The molecule has 6 heteroatoms. The Bertz CT molecular complexity index is 471. The first-order valence-electron chi connectivity index (χ1n) is 6.02. The van der Waals surface area contributed by atoms with Crippen LogP contribution >= 0.6 is 0 Å². The van der Waals surface area contributed by atoms with Crippen molar-refractivity contribution < 1.29 is 14.4 Å². The number of amides is 1. The molecule has 1 atom stereocenters. The normalized spacial score (nSPS) is 20.5. The van der Waals surface area contributed by atoms with Crippen molar-refractivity contribution in [1.29, 1.82) is 0 Å². The predicted octanol–water partition coefficient (Wildman–Crippen LogP) is 0.415. The van der Waals surface area contributed by atoms with Gasteiger partial charge in [-0.2, -0.15) is 0 Å². The standard InChI is InChI=1S/C13H17N3O3/c1-18-11-4-2-9(3-5-11)8-19-16-10-6-12(13(14)17)15-7-10/h2-5,12,15H,6-8H2,1H3,(H2,14,17). The minimum atomic E-state index is -0.361. The highest BCUT2D eigenvalue weighted by molar-refractivity contribution is 5.95. The summed E-state index contributed by atoms with van der Waals surface area (Å²) in [6.07, 6.45) is 0.512. The van der Waals surface area contributed by atoms with E-state index in [0.717, 1.165) is 17.0 Å². The van der Waals surface area contributed by atoms with Gasteiger partial charge >= 0.3 is 0 Å². The molecule has 0 spiro atoms. The van der Waals surface area contributed by atoms with E-state index in [0.29, 0.717) is 19.6 Å². The molecule has 2 rings (SSSR count). The number of methoxy groups -OCH3 is 1. The van der Waals surface area contributed by atoms with Crippen LogP contribution in [0.3, 0.4) is 0 Å². The van der Waals surface area contributed by atoms with Crippen molar-refractivity contribution in [3.8, 4) is 5.75 Å². The number of hydrogen-bond donors (Lipinski definition) is 2. The van der Waals surface area contributed by atoms with Gasteiger partial charge in [-0.05, 0) is 17.7 Å². The molecule has 19 heavy (non-hydrogen) atoms. The van der Waals surface area contributed by atoms with Crippen LogP contribution in [0.1, 0.15) is 12.0 Å². The van der Waals surface area contributed by atoms with Crippen LogP contribution in [0.25, 0.3) is 0 Å². The van der Waals surface area contributed by atoms with Crippen LogP contribution in [0.5, 0.6) is 5.75 Å². The van der Waals surface area contributed by atoms with Crippen LogP contribution in [0.15, 0.2) is 29.4 Å². The Hall–Kier alpha value is -2.08. The van der Waals surface area contributed by atoms with Gasteiger partial charge in [-0.1, -0.05) is 17.3 Å². The molecule has 1 aromatic carbocycles. The smallest absolute Gasteiger partial charge is 0.234 e. The van der Waals surface area contributed by atoms with Gasteiger partial charge in [0.1, 0.15) is 12.4 Å². The number of carbonyl (C=O) groups is 1. The molecule has 1 unspecified atom stereocenters. The van der Waals surface area contributed by atoms with E-state index >= 15 is 0 Å². The summed E-state index contributed by atoms with van der Waals surface area (Å²) in [5, 5.41) is 6.98. The number of nitrogens with one attached hydrogen (secondary N) is 1. The number of nitrogens with zero attached hydrogens (tertiary/aromatic N) is 1. The third-order valence-electron chi connectivity index (χ3n) is 2.92. The van der Waals surface area contributed by atoms with Crippen molar-refractivity contribution in [3.63, 3.8) is 0 Å². The summed E-state index contributed by atoms with van der Waals surface area (Å²) in [4.78, 5) is 16.2. The zero-order chi connectivity index (χ0) is 13.7. The van der Waals surface area contributed by atoms with E-state index < -0.39 is 0 Å². The molecule has 1 heterocycles. The molecule has 1 aromatic rings. The molecule has 0 saturated carbocycles.